The van der Waals surface area contributed by atoms with Gasteiger partial charge in [-0.15, -0.1) is 0 Å². The first kappa shape index (κ1) is 23.2. The summed E-state index contributed by atoms with van der Waals surface area (Å²) in [6.07, 6.45) is 3.51. The van der Waals surface area contributed by atoms with Crippen LogP contribution in [0.5, 0.6) is 0 Å². The van der Waals surface area contributed by atoms with Gasteiger partial charge in [0.2, 0.25) is 5.91 Å². The molecule has 1 aliphatic heterocycles. The number of carbonyl (C=O) groups is 1. The number of amides is 1. The molecular weight excluding hydrogens is 411 g/mol. The average molecular weight is 443 g/mol. The highest BCUT2D eigenvalue weighted by atomic mass is 32.1. The Balaban J connectivity index is 1.44. The Morgan fingerprint density at radius 3 is 2.42 bits per heavy atom. The third-order valence-corrected chi connectivity index (χ3v) is 5.68. The summed E-state index contributed by atoms with van der Waals surface area (Å²) in [5, 5.41) is 6.13. The normalized spacial score (nSPS) is 14.3. The molecule has 1 aliphatic rings. The summed E-state index contributed by atoms with van der Waals surface area (Å²) in [6, 6.07) is 15.0. The number of piperazine rings is 1. The van der Waals surface area contributed by atoms with Crippen molar-refractivity contribution in [1.29, 1.82) is 0 Å². The van der Waals surface area contributed by atoms with Crippen LogP contribution in [0.15, 0.2) is 48.5 Å². The number of thiocarbonyl (C=S) groups is 1. The molecule has 31 heavy (non-hydrogen) atoms. The van der Waals surface area contributed by atoms with E-state index in [1.165, 1.54) is 6.07 Å². The second-order valence-corrected chi connectivity index (χ2v) is 8.27. The Morgan fingerprint density at radius 2 is 1.74 bits per heavy atom. The van der Waals surface area contributed by atoms with Crippen LogP contribution in [0.25, 0.3) is 0 Å². The number of unbranched alkanes of at least 4 members (excludes halogenated alkanes) is 2. The predicted molar refractivity (Wildman–Crippen MR) is 129 cm³/mol. The van der Waals surface area contributed by atoms with E-state index < -0.39 is 0 Å². The molecule has 0 radical (unpaired) electrons. The first-order chi connectivity index (χ1) is 15.0. The van der Waals surface area contributed by atoms with Crippen molar-refractivity contribution in [2.45, 2.75) is 39.2 Å². The lowest BCUT2D eigenvalue weighted by Gasteiger charge is -2.36. The number of hydrogen-bond acceptors (Lipinski definition) is 4. The van der Waals surface area contributed by atoms with E-state index in [0.717, 1.165) is 62.4 Å². The third-order valence-electron chi connectivity index (χ3n) is 5.47. The third kappa shape index (κ3) is 7.29. The van der Waals surface area contributed by atoms with Crippen molar-refractivity contribution in [1.82, 2.24) is 10.2 Å². The lowest BCUT2D eigenvalue weighted by molar-refractivity contribution is -0.119. The topological polar surface area (TPSA) is 47.6 Å². The van der Waals surface area contributed by atoms with Crippen LogP contribution in [0.3, 0.4) is 0 Å². The zero-order valence-electron chi connectivity index (χ0n) is 18.1. The van der Waals surface area contributed by atoms with Crippen LogP contribution in [0, 0.1) is 5.82 Å². The fraction of sp³-hybridized carbons (Fsp3) is 0.417. The van der Waals surface area contributed by atoms with Crippen LogP contribution in [0.1, 0.15) is 38.2 Å². The van der Waals surface area contributed by atoms with Gasteiger partial charge >= 0.3 is 0 Å². The predicted octanol–water partition coefficient (Wildman–Crippen LogP) is 4.54. The van der Waals surface area contributed by atoms with Crippen LogP contribution in [0.4, 0.5) is 15.8 Å². The smallest absolute Gasteiger partial charge is 0.226 e. The molecule has 0 aliphatic carbocycles. The van der Waals surface area contributed by atoms with E-state index in [1.807, 2.05) is 24.3 Å². The van der Waals surface area contributed by atoms with Crippen LogP contribution in [-0.4, -0.2) is 42.1 Å². The van der Waals surface area contributed by atoms with Crippen molar-refractivity contribution in [2.24, 2.45) is 0 Å². The Bertz CT molecular complexity index is 866. The van der Waals surface area contributed by atoms with Crippen molar-refractivity contribution in [3.05, 3.63) is 59.9 Å². The number of anilines is 2. The van der Waals surface area contributed by atoms with Crippen LogP contribution < -0.4 is 15.5 Å². The molecule has 1 amide bonds. The molecule has 3 rings (SSSR count). The minimum absolute atomic E-state index is 0.0455. The molecule has 0 saturated carbocycles. The summed E-state index contributed by atoms with van der Waals surface area (Å²) < 4.78 is 13.9. The molecular formula is C24H31FN4OS. The Hall–Kier alpha value is -2.51. The Labute approximate surface area is 189 Å². The van der Waals surface area contributed by atoms with Gasteiger partial charge in [0.05, 0.1) is 0 Å². The highest BCUT2D eigenvalue weighted by molar-refractivity contribution is 7.80. The van der Waals surface area contributed by atoms with E-state index in [2.05, 4.69) is 39.5 Å². The van der Waals surface area contributed by atoms with E-state index in [0.29, 0.717) is 18.1 Å². The largest absolute Gasteiger partial charge is 0.369 e. The monoisotopic (exact) mass is 442 g/mol. The van der Waals surface area contributed by atoms with Gasteiger partial charge in [-0.25, -0.2) is 4.39 Å². The maximum Gasteiger partial charge on any atom is 0.226 e. The molecule has 2 N–H and O–H groups in total. The van der Waals surface area contributed by atoms with Gasteiger partial charge in [-0.05, 0) is 49.0 Å². The average Bonchev–Trinajstić information content (AvgIpc) is 2.76. The molecule has 0 bridgehead atoms. The van der Waals surface area contributed by atoms with Gasteiger partial charge in [0, 0.05) is 56.1 Å². The zero-order valence-corrected chi connectivity index (χ0v) is 18.9. The standard InChI is InChI=1S/C24H31FN4OS/c1-2-3-4-9-23(30)27-24(31)26-20-10-12-21(13-11-20)29-16-14-28(15-17-29)18-19-7-5-6-8-22(19)25/h5-8,10-13H,2-4,9,14-18H2,1H3,(H2,26,27,30,31). The molecule has 2 aromatic rings. The van der Waals surface area contributed by atoms with Gasteiger partial charge in [0.1, 0.15) is 5.82 Å². The minimum atomic E-state index is -0.136. The SMILES string of the molecule is CCCCCC(=O)NC(=S)Nc1ccc(N2CCN(Cc3ccccc3F)CC2)cc1. The molecule has 5 nitrogen and oxygen atoms in total. The molecule has 1 fully saturated rings. The highest BCUT2D eigenvalue weighted by Crippen LogP contribution is 2.20. The maximum atomic E-state index is 13.9. The molecule has 1 heterocycles. The van der Waals surface area contributed by atoms with Gasteiger partial charge in [-0.2, -0.15) is 0 Å². The second kappa shape index (κ2) is 11.8. The maximum absolute atomic E-state index is 13.9. The van der Waals surface area contributed by atoms with Crippen molar-refractivity contribution >= 4 is 34.6 Å². The number of nitrogens with zero attached hydrogens (tertiary/aromatic N) is 2. The van der Waals surface area contributed by atoms with E-state index in [1.54, 1.807) is 6.07 Å². The highest BCUT2D eigenvalue weighted by Gasteiger charge is 2.18. The number of nitrogens with one attached hydrogen (secondary N) is 2. The summed E-state index contributed by atoms with van der Waals surface area (Å²) in [5.41, 5.74) is 2.74. The van der Waals surface area contributed by atoms with Crippen LogP contribution in [-0.2, 0) is 11.3 Å². The van der Waals surface area contributed by atoms with Gasteiger partial charge in [-0.3, -0.25) is 9.69 Å². The fourth-order valence-electron chi connectivity index (χ4n) is 3.67. The van der Waals surface area contributed by atoms with E-state index >= 15 is 0 Å². The lowest BCUT2D eigenvalue weighted by Crippen LogP contribution is -2.46. The lowest BCUT2D eigenvalue weighted by atomic mass is 10.1. The summed E-state index contributed by atoms with van der Waals surface area (Å²) in [7, 11) is 0. The van der Waals surface area contributed by atoms with Crippen LogP contribution >= 0.6 is 12.2 Å². The number of halogens is 1. The number of carbonyl (C=O) groups excluding carboxylic acids is 1. The summed E-state index contributed by atoms with van der Waals surface area (Å²) >= 11 is 5.24. The molecule has 0 atom stereocenters. The van der Waals surface area contributed by atoms with E-state index in [-0.39, 0.29) is 11.7 Å². The molecule has 2 aromatic carbocycles. The molecule has 0 aromatic heterocycles. The fourth-order valence-corrected chi connectivity index (χ4v) is 3.91. The summed E-state index contributed by atoms with van der Waals surface area (Å²) in [4.78, 5) is 16.5. The van der Waals surface area contributed by atoms with Crippen molar-refractivity contribution < 1.29 is 9.18 Å². The van der Waals surface area contributed by atoms with Crippen molar-refractivity contribution in [3.8, 4) is 0 Å². The molecule has 7 heteroatoms. The molecule has 166 valence electrons. The van der Waals surface area contributed by atoms with Crippen molar-refractivity contribution in [2.75, 3.05) is 36.4 Å². The summed E-state index contributed by atoms with van der Waals surface area (Å²) in [5.74, 6) is -0.182. The molecule has 0 spiro atoms. The summed E-state index contributed by atoms with van der Waals surface area (Å²) in [6.45, 7) is 6.33. The number of rotatable bonds is 8. The first-order valence-electron chi connectivity index (χ1n) is 11.0. The Morgan fingerprint density at radius 1 is 1.03 bits per heavy atom. The Kier molecular flexibility index (Phi) is 8.79. The van der Waals surface area contributed by atoms with Gasteiger partial charge < -0.3 is 15.5 Å². The van der Waals surface area contributed by atoms with Crippen LogP contribution in [0.2, 0.25) is 0 Å². The van der Waals surface area contributed by atoms with Gasteiger partial charge in [-0.1, -0.05) is 38.0 Å². The first-order valence-corrected chi connectivity index (χ1v) is 11.4. The van der Waals surface area contributed by atoms with Crippen molar-refractivity contribution in [3.63, 3.8) is 0 Å². The van der Waals surface area contributed by atoms with Gasteiger partial charge in [0.25, 0.3) is 0 Å². The van der Waals surface area contributed by atoms with E-state index in [9.17, 15) is 9.18 Å². The molecule has 0 unspecified atom stereocenters. The number of benzene rings is 2. The quantitative estimate of drug-likeness (QED) is 0.464. The zero-order chi connectivity index (χ0) is 22.1. The minimum Gasteiger partial charge on any atom is -0.369 e. The van der Waals surface area contributed by atoms with E-state index in [4.69, 9.17) is 12.2 Å². The second-order valence-electron chi connectivity index (χ2n) is 7.86. The molecule has 1 saturated heterocycles. The number of hydrogen-bond donors (Lipinski definition) is 2. The van der Waals surface area contributed by atoms with Gasteiger partial charge in [0.15, 0.2) is 5.11 Å².